The molecule has 0 amide bonds. The smallest absolute Gasteiger partial charge is 0.127 e. The van der Waals surface area contributed by atoms with Gasteiger partial charge in [-0.1, -0.05) is 0 Å². The number of nitrogens with one attached hydrogen (secondary N) is 1. The first-order valence-electron chi connectivity index (χ1n) is 4.32. The Hall–Kier alpha value is -0.0100. The number of hydrogen-bond donors (Lipinski definition) is 1. The number of hydrogen-bond acceptors (Lipinski definition) is 5. The fourth-order valence-corrected chi connectivity index (χ4v) is 2.32. The van der Waals surface area contributed by atoms with Crippen LogP contribution in [0.3, 0.4) is 0 Å². The van der Waals surface area contributed by atoms with E-state index < -0.39 is 16.6 Å². The van der Waals surface area contributed by atoms with E-state index in [9.17, 15) is 8.76 Å². The van der Waals surface area contributed by atoms with Crippen LogP contribution >= 0.6 is 0 Å². The first kappa shape index (κ1) is 11.1. The summed E-state index contributed by atoms with van der Waals surface area (Å²) in [6, 6.07) is 0. The molecule has 1 aliphatic rings. The van der Waals surface area contributed by atoms with E-state index in [-0.39, 0.29) is 0 Å². The Balaban J connectivity index is 2.57. The highest BCUT2D eigenvalue weighted by atomic mass is 32.2. The van der Waals surface area contributed by atoms with Crippen molar-refractivity contribution in [1.29, 1.82) is 0 Å². The molecule has 0 bridgehead atoms. The number of piperazine rings is 1. The molecule has 1 N–H and O–H groups in total. The number of rotatable bonds is 3. The summed E-state index contributed by atoms with van der Waals surface area (Å²) >= 11 is -2.06. The highest BCUT2D eigenvalue weighted by Crippen LogP contribution is 2.06. The lowest BCUT2D eigenvalue weighted by Gasteiger charge is -2.39. The van der Waals surface area contributed by atoms with Crippen LogP contribution in [0.5, 0.6) is 0 Å². The molecule has 2 atom stereocenters. The molecule has 5 nitrogen and oxygen atoms in total. The van der Waals surface area contributed by atoms with Crippen molar-refractivity contribution in [3.05, 3.63) is 0 Å². The molecule has 0 aromatic rings. The van der Waals surface area contributed by atoms with Crippen molar-refractivity contribution in [3.63, 3.8) is 0 Å². The average molecular weight is 206 g/mol. The molecular weight excluding hydrogens is 190 g/mol. The number of nitrogens with zero attached hydrogens (tertiary/aromatic N) is 2. The van der Waals surface area contributed by atoms with Crippen molar-refractivity contribution in [2.45, 2.75) is 5.50 Å². The molecule has 13 heavy (non-hydrogen) atoms. The second-order valence-corrected chi connectivity index (χ2v) is 4.28. The van der Waals surface area contributed by atoms with E-state index >= 15 is 0 Å². The molecule has 6 heteroatoms. The van der Waals surface area contributed by atoms with Gasteiger partial charge >= 0.3 is 0 Å². The molecule has 0 aromatic heterocycles. The van der Waals surface area contributed by atoms with E-state index in [1.54, 1.807) is 19.0 Å². The van der Waals surface area contributed by atoms with E-state index in [4.69, 9.17) is 0 Å². The highest BCUT2D eigenvalue weighted by Gasteiger charge is 2.22. The maximum Gasteiger partial charge on any atom is 0.127 e. The quantitative estimate of drug-likeness (QED) is 0.577. The maximum atomic E-state index is 10.9. The van der Waals surface area contributed by atoms with Crippen LogP contribution in [0.2, 0.25) is 0 Å². The van der Waals surface area contributed by atoms with Gasteiger partial charge in [-0.2, -0.15) is 0 Å². The second kappa shape index (κ2) is 5.02. The zero-order valence-electron chi connectivity index (χ0n) is 8.02. The normalized spacial score (nSPS) is 24.6. The van der Waals surface area contributed by atoms with Gasteiger partial charge in [0.2, 0.25) is 0 Å². The van der Waals surface area contributed by atoms with Crippen molar-refractivity contribution in [2.24, 2.45) is 0 Å². The van der Waals surface area contributed by atoms with Crippen LogP contribution in [-0.2, 0) is 11.1 Å². The third-order valence-electron chi connectivity index (χ3n) is 2.08. The summed E-state index contributed by atoms with van der Waals surface area (Å²) in [6.45, 7) is 3.30. The van der Waals surface area contributed by atoms with Gasteiger partial charge in [-0.25, -0.2) is 0 Å². The van der Waals surface area contributed by atoms with E-state index in [1.165, 1.54) is 0 Å². The lowest BCUT2D eigenvalue weighted by Crippen LogP contribution is -2.54. The summed E-state index contributed by atoms with van der Waals surface area (Å²) in [7, 11) is 3.56. The van der Waals surface area contributed by atoms with Crippen molar-refractivity contribution in [1.82, 2.24) is 15.1 Å². The molecule has 0 radical (unpaired) electrons. The summed E-state index contributed by atoms with van der Waals surface area (Å²) in [5.74, 6) is 0. The van der Waals surface area contributed by atoms with Crippen molar-refractivity contribution < 1.29 is 8.76 Å². The molecule has 0 saturated carbocycles. The molecule has 1 rings (SSSR count). The minimum atomic E-state index is -2.06. The Morgan fingerprint density at radius 3 is 2.38 bits per heavy atom. The summed E-state index contributed by atoms with van der Waals surface area (Å²) in [6.07, 6.45) is 0. The highest BCUT2D eigenvalue weighted by molar-refractivity contribution is 7.79. The second-order valence-electron chi connectivity index (χ2n) is 3.34. The zero-order valence-corrected chi connectivity index (χ0v) is 8.84. The maximum absolute atomic E-state index is 10.9. The molecule has 1 saturated heterocycles. The van der Waals surface area contributed by atoms with Crippen molar-refractivity contribution >= 4 is 11.1 Å². The van der Waals surface area contributed by atoms with E-state index in [1.807, 2.05) is 4.90 Å². The minimum Gasteiger partial charge on any atom is -0.770 e. The van der Waals surface area contributed by atoms with Crippen LogP contribution in [0.25, 0.3) is 0 Å². The molecule has 1 heterocycles. The lowest BCUT2D eigenvalue weighted by molar-refractivity contribution is 0.122. The van der Waals surface area contributed by atoms with Crippen LogP contribution in [-0.4, -0.2) is 64.3 Å². The molecule has 0 aliphatic carbocycles. The summed E-state index contributed by atoms with van der Waals surface area (Å²) in [4.78, 5) is 3.67. The van der Waals surface area contributed by atoms with Crippen LogP contribution in [0.15, 0.2) is 0 Å². The standard InChI is InChI=1S/C7H17N3O2S/c1-9(2)7(13(11)12)10-5-3-8-4-6-10/h7-8H,3-6H2,1-2H3,(H,11,12)/p-1. The lowest BCUT2D eigenvalue weighted by atomic mass is 10.4. The van der Waals surface area contributed by atoms with Gasteiger partial charge in [-0.3, -0.25) is 14.0 Å². The van der Waals surface area contributed by atoms with E-state index in [0.717, 1.165) is 26.2 Å². The van der Waals surface area contributed by atoms with Crippen molar-refractivity contribution in [3.8, 4) is 0 Å². The monoisotopic (exact) mass is 206 g/mol. The Bertz CT molecular complexity index is 183. The SMILES string of the molecule is CN(C)C(N1CCNCC1)S(=O)[O-]. The van der Waals surface area contributed by atoms with Gasteiger partial charge in [-0.15, -0.1) is 0 Å². The van der Waals surface area contributed by atoms with Crippen LogP contribution in [0.4, 0.5) is 0 Å². The topological polar surface area (TPSA) is 58.6 Å². The van der Waals surface area contributed by atoms with Gasteiger partial charge in [0.1, 0.15) is 5.50 Å². The fourth-order valence-electron chi connectivity index (χ4n) is 1.52. The van der Waals surface area contributed by atoms with Gasteiger partial charge in [0.25, 0.3) is 0 Å². The average Bonchev–Trinajstić information content (AvgIpc) is 2.04. The van der Waals surface area contributed by atoms with Gasteiger partial charge in [0.05, 0.1) is 0 Å². The van der Waals surface area contributed by atoms with Gasteiger partial charge in [0.15, 0.2) is 0 Å². The largest absolute Gasteiger partial charge is 0.770 e. The summed E-state index contributed by atoms with van der Waals surface area (Å²) in [5.41, 5.74) is -0.484. The summed E-state index contributed by atoms with van der Waals surface area (Å²) in [5, 5.41) is 3.19. The Kier molecular flexibility index (Phi) is 4.27. The van der Waals surface area contributed by atoms with Gasteiger partial charge in [-0.05, 0) is 25.2 Å². The molecule has 1 aliphatic heterocycles. The summed E-state index contributed by atoms with van der Waals surface area (Å²) < 4.78 is 21.9. The molecule has 2 unspecified atom stereocenters. The van der Waals surface area contributed by atoms with Crippen LogP contribution in [0.1, 0.15) is 0 Å². The van der Waals surface area contributed by atoms with E-state index in [0.29, 0.717) is 0 Å². The molecule has 0 spiro atoms. The zero-order chi connectivity index (χ0) is 9.84. The Labute approximate surface area is 81.4 Å². The molecule has 1 fully saturated rings. The molecular formula is C7H16N3O2S-. The van der Waals surface area contributed by atoms with Gasteiger partial charge in [0, 0.05) is 26.2 Å². The fraction of sp³-hybridized carbons (Fsp3) is 1.00. The third kappa shape index (κ3) is 2.99. The third-order valence-corrected chi connectivity index (χ3v) is 3.14. The van der Waals surface area contributed by atoms with Crippen molar-refractivity contribution in [2.75, 3.05) is 40.3 Å². The first-order valence-corrected chi connectivity index (χ1v) is 5.46. The molecule has 78 valence electrons. The predicted octanol–water partition coefficient (Wildman–Crippen LogP) is -1.38. The van der Waals surface area contributed by atoms with Gasteiger partial charge < -0.3 is 9.87 Å². The first-order chi connectivity index (χ1) is 6.13. The minimum absolute atomic E-state index is 0.484. The Morgan fingerprint density at radius 2 is 2.00 bits per heavy atom. The Morgan fingerprint density at radius 1 is 1.46 bits per heavy atom. The van der Waals surface area contributed by atoms with Crippen LogP contribution in [0, 0.1) is 0 Å². The predicted molar refractivity (Wildman–Crippen MR) is 50.8 cm³/mol. The van der Waals surface area contributed by atoms with E-state index in [2.05, 4.69) is 5.32 Å². The molecule has 0 aromatic carbocycles. The van der Waals surface area contributed by atoms with Crippen LogP contribution < -0.4 is 5.32 Å².